The van der Waals surface area contributed by atoms with Gasteiger partial charge in [0.1, 0.15) is 0 Å². The van der Waals surface area contributed by atoms with E-state index in [2.05, 4.69) is 189 Å². The Morgan fingerprint density at radius 1 is 0.308 bits per heavy atom. The van der Waals surface area contributed by atoms with Crippen molar-refractivity contribution in [2.75, 3.05) is 0 Å². The van der Waals surface area contributed by atoms with Crippen LogP contribution in [-0.2, 0) is 0 Å². The van der Waals surface area contributed by atoms with Gasteiger partial charge in [0.05, 0.1) is 8.07 Å². The van der Waals surface area contributed by atoms with Crippen molar-refractivity contribution in [3.05, 3.63) is 170 Å². The molecule has 0 aliphatic carbocycles. The van der Waals surface area contributed by atoms with Crippen molar-refractivity contribution < 1.29 is 0 Å². The molecule has 0 radical (unpaired) electrons. The van der Waals surface area contributed by atoms with Crippen LogP contribution in [0.5, 0.6) is 0 Å². The quantitative estimate of drug-likeness (QED) is 0.129. The van der Waals surface area contributed by atoms with Crippen molar-refractivity contribution in [2.45, 2.75) is 19.6 Å². The van der Waals surface area contributed by atoms with Crippen LogP contribution in [0.2, 0.25) is 19.6 Å². The molecule has 0 bridgehead atoms. The molecule has 0 spiro atoms. The summed E-state index contributed by atoms with van der Waals surface area (Å²) in [6, 6.07) is 60.8. The summed E-state index contributed by atoms with van der Waals surface area (Å²) in [5.41, 5.74) is 7.56. The van der Waals surface area contributed by atoms with Gasteiger partial charge in [0.15, 0.2) is 17.5 Å². The third-order valence-electron chi connectivity index (χ3n) is 10.1. The molecule has 4 heteroatoms. The molecule has 52 heavy (non-hydrogen) atoms. The van der Waals surface area contributed by atoms with Gasteiger partial charge in [-0.25, -0.2) is 15.0 Å². The van der Waals surface area contributed by atoms with Crippen molar-refractivity contribution in [2.24, 2.45) is 0 Å². The Morgan fingerprint density at radius 3 is 1.48 bits per heavy atom. The first-order valence-electron chi connectivity index (χ1n) is 17.8. The predicted molar refractivity (Wildman–Crippen MR) is 223 cm³/mol. The van der Waals surface area contributed by atoms with Gasteiger partial charge in [-0.3, -0.25) is 0 Å². The Balaban J connectivity index is 1.08. The summed E-state index contributed by atoms with van der Waals surface area (Å²) in [5, 5.41) is 8.85. The SMILES string of the molecule is C[Si](C)(C)c1ccc(-c2nc(-c3cccc(-c4ccc(-c5ccc6c(ccc7ccccc76)c5)cc4)c3)nc(-c3ccc4ccccc4c3)n2)cc1. The number of fused-ring (bicyclic) bond motifs is 4. The Morgan fingerprint density at radius 2 is 0.769 bits per heavy atom. The molecule has 0 amide bonds. The topological polar surface area (TPSA) is 38.7 Å². The maximum Gasteiger partial charge on any atom is 0.164 e. The number of hydrogen-bond donors (Lipinski definition) is 0. The fourth-order valence-corrected chi connectivity index (χ4v) is 8.26. The highest BCUT2D eigenvalue weighted by Crippen LogP contribution is 2.33. The monoisotopic (exact) mass is 683 g/mol. The van der Waals surface area contributed by atoms with Crippen molar-refractivity contribution >= 4 is 45.6 Å². The van der Waals surface area contributed by atoms with E-state index in [9.17, 15) is 0 Å². The third kappa shape index (κ3) is 6.08. The van der Waals surface area contributed by atoms with Crippen LogP contribution in [0.25, 0.3) is 88.7 Å². The van der Waals surface area contributed by atoms with Gasteiger partial charge in [-0.2, -0.15) is 0 Å². The lowest BCUT2D eigenvalue weighted by atomic mass is 9.96. The molecular formula is C48H37N3Si. The molecule has 0 saturated heterocycles. The summed E-state index contributed by atoms with van der Waals surface area (Å²) in [5.74, 6) is 2.00. The molecular weight excluding hydrogens is 647 g/mol. The molecule has 0 aliphatic rings. The number of rotatable bonds is 6. The zero-order chi connectivity index (χ0) is 35.2. The van der Waals surface area contributed by atoms with Crippen LogP contribution < -0.4 is 5.19 Å². The summed E-state index contributed by atoms with van der Waals surface area (Å²) in [4.78, 5) is 15.2. The van der Waals surface area contributed by atoms with Crippen molar-refractivity contribution in [3.63, 3.8) is 0 Å². The highest BCUT2D eigenvalue weighted by molar-refractivity contribution is 6.88. The van der Waals surface area contributed by atoms with Crippen LogP contribution in [0, 0.1) is 0 Å². The minimum absolute atomic E-state index is 0.657. The molecule has 1 aromatic heterocycles. The minimum atomic E-state index is -1.45. The van der Waals surface area contributed by atoms with Crippen LogP contribution in [0.3, 0.4) is 0 Å². The Hall–Kier alpha value is -6.23. The summed E-state index contributed by atoms with van der Waals surface area (Å²) in [7, 11) is -1.45. The smallest absolute Gasteiger partial charge is 0.164 e. The minimum Gasteiger partial charge on any atom is -0.208 e. The molecule has 248 valence electrons. The number of benzene rings is 8. The Kier molecular flexibility index (Phi) is 7.83. The molecule has 0 aliphatic heterocycles. The van der Waals surface area contributed by atoms with E-state index >= 15 is 0 Å². The van der Waals surface area contributed by atoms with Gasteiger partial charge in [0, 0.05) is 16.7 Å². The van der Waals surface area contributed by atoms with Gasteiger partial charge < -0.3 is 0 Å². The average Bonchev–Trinajstić information content (AvgIpc) is 3.20. The zero-order valence-corrected chi connectivity index (χ0v) is 30.5. The Bertz CT molecular complexity index is 2760. The lowest BCUT2D eigenvalue weighted by Gasteiger charge is -2.16. The van der Waals surface area contributed by atoms with E-state index in [1.165, 1.54) is 43.2 Å². The highest BCUT2D eigenvalue weighted by atomic mass is 28.3. The molecule has 0 saturated carbocycles. The Labute approximate surface area is 305 Å². The van der Waals surface area contributed by atoms with Gasteiger partial charge in [0.2, 0.25) is 0 Å². The fraction of sp³-hybridized carbons (Fsp3) is 0.0625. The lowest BCUT2D eigenvalue weighted by molar-refractivity contribution is 1.07. The van der Waals surface area contributed by atoms with E-state index in [1.54, 1.807) is 0 Å². The maximum atomic E-state index is 5.08. The largest absolute Gasteiger partial charge is 0.208 e. The molecule has 0 fully saturated rings. The second-order valence-electron chi connectivity index (χ2n) is 14.6. The van der Waals surface area contributed by atoms with E-state index < -0.39 is 8.07 Å². The van der Waals surface area contributed by atoms with Crippen molar-refractivity contribution in [1.82, 2.24) is 15.0 Å². The second kappa shape index (κ2) is 12.8. The van der Waals surface area contributed by atoms with Gasteiger partial charge >= 0.3 is 0 Å². The van der Waals surface area contributed by atoms with E-state index in [-0.39, 0.29) is 0 Å². The summed E-state index contributed by atoms with van der Waals surface area (Å²) >= 11 is 0. The summed E-state index contributed by atoms with van der Waals surface area (Å²) < 4.78 is 0. The summed E-state index contributed by atoms with van der Waals surface area (Å²) in [6.45, 7) is 7.10. The zero-order valence-electron chi connectivity index (χ0n) is 29.5. The summed E-state index contributed by atoms with van der Waals surface area (Å²) in [6.07, 6.45) is 0. The number of hydrogen-bond acceptors (Lipinski definition) is 3. The van der Waals surface area contributed by atoms with E-state index in [0.29, 0.717) is 17.5 Å². The molecule has 1 heterocycles. The van der Waals surface area contributed by atoms with Gasteiger partial charge in [-0.05, 0) is 72.8 Å². The first-order chi connectivity index (χ1) is 25.4. The predicted octanol–water partition coefficient (Wildman–Crippen LogP) is 12.2. The molecule has 0 unspecified atom stereocenters. The molecule has 3 nitrogen and oxygen atoms in total. The standard InChI is InChI=1S/C48H37N3Si/c1-52(2,3)43-26-23-36(24-27-43)46-49-47(51-48(50-46)42-22-19-32-9-4-5-11-37(32)31-42)41-13-8-12-38(30-41)33-15-17-34(18-16-33)39-25-28-45-40(29-39)21-20-35-10-6-7-14-44(35)45/h4-31H,1-3H3. The van der Waals surface area contributed by atoms with Crippen LogP contribution >= 0.6 is 0 Å². The highest BCUT2D eigenvalue weighted by Gasteiger charge is 2.18. The van der Waals surface area contributed by atoms with Crippen LogP contribution in [0.1, 0.15) is 0 Å². The molecule has 8 aromatic carbocycles. The van der Waals surface area contributed by atoms with Crippen molar-refractivity contribution in [1.29, 1.82) is 0 Å². The van der Waals surface area contributed by atoms with Crippen LogP contribution in [0.15, 0.2) is 170 Å². The van der Waals surface area contributed by atoms with Gasteiger partial charge in [-0.1, -0.05) is 176 Å². The number of nitrogens with zero attached hydrogens (tertiary/aromatic N) is 3. The molecule has 0 N–H and O–H groups in total. The van der Waals surface area contributed by atoms with Crippen molar-refractivity contribution in [3.8, 4) is 56.4 Å². The lowest BCUT2D eigenvalue weighted by Crippen LogP contribution is -2.37. The third-order valence-corrected chi connectivity index (χ3v) is 12.1. The van der Waals surface area contributed by atoms with E-state index in [1.807, 2.05) is 0 Å². The first kappa shape index (κ1) is 31.7. The van der Waals surface area contributed by atoms with Crippen LogP contribution in [0.4, 0.5) is 0 Å². The van der Waals surface area contributed by atoms with E-state index in [0.717, 1.165) is 33.2 Å². The molecule has 9 rings (SSSR count). The second-order valence-corrected chi connectivity index (χ2v) is 19.7. The first-order valence-corrected chi connectivity index (χ1v) is 21.3. The van der Waals surface area contributed by atoms with Gasteiger partial charge in [-0.15, -0.1) is 0 Å². The van der Waals surface area contributed by atoms with Gasteiger partial charge in [0.25, 0.3) is 0 Å². The molecule has 9 aromatic rings. The fourth-order valence-electron chi connectivity index (χ4n) is 7.10. The van der Waals surface area contributed by atoms with E-state index in [4.69, 9.17) is 15.0 Å². The van der Waals surface area contributed by atoms with Crippen LogP contribution in [-0.4, -0.2) is 23.0 Å². The number of aromatic nitrogens is 3. The normalized spacial score (nSPS) is 11.8. The average molecular weight is 684 g/mol. The maximum absolute atomic E-state index is 5.08. The molecule has 0 atom stereocenters.